The summed E-state index contributed by atoms with van der Waals surface area (Å²) >= 11 is 1.48. The summed E-state index contributed by atoms with van der Waals surface area (Å²) in [5.41, 5.74) is -0.0718. The molecule has 5 heteroatoms. The first kappa shape index (κ1) is 12.4. The van der Waals surface area contributed by atoms with Crippen molar-refractivity contribution >= 4 is 11.8 Å². The number of para-hydroxylation sites is 1. The highest BCUT2D eigenvalue weighted by molar-refractivity contribution is 7.98. The summed E-state index contributed by atoms with van der Waals surface area (Å²) in [6.45, 7) is 0. The van der Waals surface area contributed by atoms with Crippen LogP contribution in [0.25, 0.3) is 0 Å². The van der Waals surface area contributed by atoms with Gasteiger partial charge in [-0.1, -0.05) is 12.1 Å². The number of alkyl halides is 3. The molecule has 0 spiro atoms. The minimum absolute atomic E-state index is 0.469. The number of hydrogen-bond acceptors (Lipinski definition) is 2. The molecule has 0 saturated heterocycles. The van der Waals surface area contributed by atoms with Crippen molar-refractivity contribution in [1.82, 2.24) is 0 Å². The highest BCUT2D eigenvalue weighted by atomic mass is 32.2. The van der Waals surface area contributed by atoms with Crippen LogP contribution < -0.4 is 4.74 Å². The van der Waals surface area contributed by atoms with Crippen LogP contribution in [0.15, 0.2) is 47.4 Å². The Balaban J connectivity index is 2.02. The zero-order valence-corrected chi connectivity index (χ0v) is 10.5. The molecule has 1 heterocycles. The Bertz CT molecular complexity index is 622. The van der Waals surface area contributed by atoms with Crippen molar-refractivity contribution in [2.45, 2.75) is 16.8 Å². The molecule has 0 aliphatic carbocycles. The molecule has 0 bridgehead atoms. The van der Waals surface area contributed by atoms with Crippen LogP contribution in [0.1, 0.15) is 11.1 Å². The zero-order chi connectivity index (χ0) is 13.5. The number of fused-ring (bicyclic) bond motifs is 2. The molecule has 0 fully saturated rings. The molecule has 0 amide bonds. The van der Waals surface area contributed by atoms with Crippen molar-refractivity contribution in [3.63, 3.8) is 0 Å². The van der Waals surface area contributed by atoms with E-state index in [1.165, 1.54) is 17.8 Å². The van der Waals surface area contributed by atoms with Gasteiger partial charge in [0.15, 0.2) is 0 Å². The van der Waals surface area contributed by atoms with E-state index < -0.39 is 11.7 Å². The van der Waals surface area contributed by atoms with Gasteiger partial charge in [-0.05, 0) is 30.3 Å². The van der Waals surface area contributed by atoms with E-state index in [0.29, 0.717) is 22.8 Å². The predicted octanol–water partition coefficient (Wildman–Crippen LogP) is 5.10. The van der Waals surface area contributed by atoms with E-state index in [2.05, 4.69) is 0 Å². The predicted molar refractivity (Wildman–Crippen MR) is 67.5 cm³/mol. The highest BCUT2D eigenvalue weighted by Crippen LogP contribution is 2.42. The topological polar surface area (TPSA) is 9.23 Å². The van der Waals surface area contributed by atoms with E-state index in [9.17, 15) is 13.2 Å². The van der Waals surface area contributed by atoms with Gasteiger partial charge in [0.2, 0.25) is 0 Å². The Labute approximate surface area is 112 Å². The van der Waals surface area contributed by atoms with Crippen LogP contribution in [-0.4, -0.2) is 0 Å². The van der Waals surface area contributed by atoms with Crippen LogP contribution in [0.5, 0.6) is 11.5 Å². The fraction of sp³-hybridized carbons (Fsp3) is 0.143. The zero-order valence-electron chi connectivity index (χ0n) is 9.70. The van der Waals surface area contributed by atoms with E-state index in [0.717, 1.165) is 17.0 Å². The van der Waals surface area contributed by atoms with E-state index >= 15 is 0 Å². The third kappa shape index (κ3) is 2.42. The van der Waals surface area contributed by atoms with E-state index in [-0.39, 0.29) is 0 Å². The number of halogens is 3. The highest BCUT2D eigenvalue weighted by Gasteiger charge is 2.31. The van der Waals surface area contributed by atoms with Crippen molar-refractivity contribution < 1.29 is 17.9 Å². The monoisotopic (exact) mass is 282 g/mol. The Hall–Kier alpha value is -1.62. The van der Waals surface area contributed by atoms with Gasteiger partial charge in [0.1, 0.15) is 11.5 Å². The fourth-order valence-electron chi connectivity index (χ4n) is 1.90. The molecule has 3 rings (SSSR count). The third-order valence-electron chi connectivity index (χ3n) is 2.84. The van der Waals surface area contributed by atoms with Crippen molar-refractivity contribution in [3.05, 3.63) is 53.6 Å². The minimum atomic E-state index is -4.32. The van der Waals surface area contributed by atoms with Crippen LogP contribution in [0.3, 0.4) is 0 Å². The summed E-state index contributed by atoms with van der Waals surface area (Å²) in [5.74, 6) is 1.65. The van der Waals surface area contributed by atoms with Gasteiger partial charge < -0.3 is 4.74 Å². The van der Waals surface area contributed by atoms with Gasteiger partial charge in [-0.25, -0.2) is 0 Å². The molecule has 0 aromatic heterocycles. The molecular formula is C14H9F3OS. The smallest absolute Gasteiger partial charge is 0.416 e. The lowest BCUT2D eigenvalue weighted by Crippen LogP contribution is -2.05. The van der Waals surface area contributed by atoms with Gasteiger partial charge in [0.25, 0.3) is 0 Å². The maximum atomic E-state index is 12.7. The first-order valence-corrected chi connectivity index (χ1v) is 6.62. The van der Waals surface area contributed by atoms with Crippen LogP contribution in [0.4, 0.5) is 13.2 Å². The Morgan fingerprint density at radius 3 is 2.58 bits per heavy atom. The van der Waals surface area contributed by atoms with Crippen molar-refractivity contribution in [3.8, 4) is 11.5 Å². The van der Waals surface area contributed by atoms with Gasteiger partial charge in [-0.3, -0.25) is 0 Å². The maximum Gasteiger partial charge on any atom is 0.416 e. The molecule has 2 aromatic rings. The number of rotatable bonds is 0. The molecular weight excluding hydrogens is 273 g/mol. The van der Waals surface area contributed by atoms with Crippen molar-refractivity contribution in [2.24, 2.45) is 0 Å². The van der Waals surface area contributed by atoms with Gasteiger partial charge in [-0.2, -0.15) is 13.2 Å². The molecule has 0 saturated carbocycles. The lowest BCUT2D eigenvalue weighted by Gasteiger charge is -2.11. The van der Waals surface area contributed by atoms with Crippen molar-refractivity contribution in [1.29, 1.82) is 0 Å². The number of ether oxygens (including phenoxy) is 1. The van der Waals surface area contributed by atoms with Crippen LogP contribution in [-0.2, 0) is 11.9 Å². The fourth-order valence-corrected chi connectivity index (χ4v) is 2.86. The summed E-state index contributed by atoms with van der Waals surface area (Å²) in [5, 5.41) is 0. The second-order valence-electron chi connectivity index (χ2n) is 4.16. The molecule has 1 aliphatic heterocycles. The lowest BCUT2D eigenvalue weighted by molar-refractivity contribution is -0.137. The van der Waals surface area contributed by atoms with Gasteiger partial charge in [-0.15, -0.1) is 11.8 Å². The number of hydrogen-bond donors (Lipinski definition) is 0. The van der Waals surface area contributed by atoms with Gasteiger partial charge >= 0.3 is 6.18 Å². The SMILES string of the molecule is FC(F)(F)c1ccc2c(c1)CSc1ccccc1O2. The third-order valence-corrected chi connectivity index (χ3v) is 3.94. The molecule has 19 heavy (non-hydrogen) atoms. The van der Waals surface area contributed by atoms with E-state index in [4.69, 9.17) is 4.74 Å². The van der Waals surface area contributed by atoms with Gasteiger partial charge in [0.05, 0.1) is 10.5 Å². The molecule has 1 aliphatic rings. The maximum absolute atomic E-state index is 12.7. The summed E-state index contributed by atoms with van der Waals surface area (Å²) in [7, 11) is 0. The number of benzene rings is 2. The molecule has 0 N–H and O–H groups in total. The average molecular weight is 282 g/mol. The largest absolute Gasteiger partial charge is 0.456 e. The van der Waals surface area contributed by atoms with Crippen LogP contribution >= 0.6 is 11.8 Å². The Kier molecular flexibility index (Phi) is 2.93. The normalized spacial score (nSPS) is 14.1. The quantitative estimate of drug-likeness (QED) is 0.664. The van der Waals surface area contributed by atoms with Gasteiger partial charge in [0, 0.05) is 11.3 Å². The number of thioether (sulfide) groups is 1. The first-order chi connectivity index (χ1) is 9.04. The molecule has 98 valence electrons. The minimum Gasteiger partial charge on any atom is -0.456 e. The standard InChI is InChI=1S/C14H9F3OS/c15-14(16,17)10-5-6-11-9(7-10)8-19-13-4-2-1-3-12(13)18-11/h1-7H,8H2. The summed E-state index contributed by atoms with van der Waals surface area (Å²) in [4.78, 5) is 0.937. The van der Waals surface area contributed by atoms with E-state index in [1.807, 2.05) is 24.3 Å². The Morgan fingerprint density at radius 1 is 1.00 bits per heavy atom. The van der Waals surface area contributed by atoms with Crippen LogP contribution in [0, 0.1) is 0 Å². The second kappa shape index (κ2) is 4.49. The summed E-state index contributed by atoms with van der Waals surface area (Å²) in [6, 6.07) is 11.0. The molecule has 0 radical (unpaired) electrons. The Morgan fingerprint density at radius 2 is 1.79 bits per heavy atom. The molecule has 1 nitrogen and oxygen atoms in total. The average Bonchev–Trinajstić information content (AvgIpc) is 2.55. The molecule has 0 atom stereocenters. The van der Waals surface area contributed by atoms with Crippen molar-refractivity contribution in [2.75, 3.05) is 0 Å². The summed E-state index contributed by atoms with van der Waals surface area (Å²) in [6.07, 6.45) is -4.32. The lowest BCUT2D eigenvalue weighted by atomic mass is 10.1. The molecule has 2 aromatic carbocycles. The molecule has 0 unspecified atom stereocenters. The van der Waals surface area contributed by atoms with E-state index in [1.54, 1.807) is 0 Å². The summed E-state index contributed by atoms with van der Waals surface area (Å²) < 4.78 is 43.7. The van der Waals surface area contributed by atoms with Crippen LogP contribution in [0.2, 0.25) is 0 Å². The first-order valence-electron chi connectivity index (χ1n) is 5.64. The second-order valence-corrected chi connectivity index (χ2v) is 5.17.